The SMILES string of the molecule is CCCCCCOC1CCC(NCCC)(C(=O)OC)C1. The highest BCUT2D eigenvalue weighted by Crippen LogP contribution is 2.33. The Kier molecular flexibility index (Phi) is 8.15. The van der Waals surface area contributed by atoms with Crippen LogP contribution in [0.1, 0.15) is 65.2 Å². The molecule has 0 amide bonds. The smallest absolute Gasteiger partial charge is 0.326 e. The van der Waals surface area contributed by atoms with Gasteiger partial charge >= 0.3 is 5.97 Å². The largest absolute Gasteiger partial charge is 0.468 e. The van der Waals surface area contributed by atoms with E-state index in [1.54, 1.807) is 0 Å². The minimum atomic E-state index is -0.515. The van der Waals surface area contributed by atoms with Gasteiger partial charge in [0.2, 0.25) is 0 Å². The number of carbonyl (C=O) groups excluding carboxylic acids is 1. The van der Waals surface area contributed by atoms with Gasteiger partial charge in [0.1, 0.15) is 5.54 Å². The first-order valence-corrected chi connectivity index (χ1v) is 8.13. The van der Waals surface area contributed by atoms with Crippen molar-refractivity contribution in [3.05, 3.63) is 0 Å². The fraction of sp³-hybridized carbons (Fsp3) is 0.938. The third kappa shape index (κ3) is 5.06. The van der Waals surface area contributed by atoms with Gasteiger partial charge in [-0.2, -0.15) is 0 Å². The van der Waals surface area contributed by atoms with Gasteiger partial charge in [0, 0.05) is 13.0 Å². The van der Waals surface area contributed by atoms with E-state index in [-0.39, 0.29) is 12.1 Å². The zero-order valence-electron chi connectivity index (χ0n) is 13.4. The number of methoxy groups -OCH3 is 1. The van der Waals surface area contributed by atoms with Crippen LogP contribution in [0.25, 0.3) is 0 Å². The first-order chi connectivity index (χ1) is 9.68. The standard InChI is InChI=1S/C16H31NO3/c1-4-6-7-8-12-20-14-9-10-16(13-14,15(18)19-3)17-11-5-2/h14,17H,4-13H2,1-3H3. The van der Waals surface area contributed by atoms with Gasteiger partial charge in [0.15, 0.2) is 0 Å². The highest BCUT2D eigenvalue weighted by molar-refractivity contribution is 5.81. The molecule has 0 spiro atoms. The predicted octanol–water partition coefficient (Wildman–Crippen LogP) is 3.05. The molecule has 0 aromatic rings. The van der Waals surface area contributed by atoms with Crippen molar-refractivity contribution in [1.82, 2.24) is 5.32 Å². The molecule has 1 N–H and O–H groups in total. The summed E-state index contributed by atoms with van der Waals surface area (Å²) in [6, 6.07) is 0. The van der Waals surface area contributed by atoms with Crippen molar-refractivity contribution in [1.29, 1.82) is 0 Å². The van der Waals surface area contributed by atoms with Crippen molar-refractivity contribution < 1.29 is 14.3 Å². The van der Waals surface area contributed by atoms with Gasteiger partial charge in [-0.05, 0) is 32.2 Å². The van der Waals surface area contributed by atoms with Gasteiger partial charge < -0.3 is 14.8 Å². The summed E-state index contributed by atoms with van der Waals surface area (Å²) < 4.78 is 10.9. The molecule has 118 valence electrons. The number of hydrogen-bond acceptors (Lipinski definition) is 4. The maximum atomic E-state index is 12.1. The van der Waals surface area contributed by atoms with E-state index in [0.717, 1.165) is 45.3 Å². The predicted molar refractivity (Wildman–Crippen MR) is 80.8 cm³/mol. The second kappa shape index (κ2) is 9.35. The van der Waals surface area contributed by atoms with Crippen LogP contribution >= 0.6 is 0 Å². The number of hydrogen-bond donors (Lipinski definition) is 1. The fourth-order valence-corrected chi connectivity index (χ4v) is 2.90. The molecule has 2 atom stereocenters. The van der Waals surface area contributed by atoms with E-state index in [2.05, 4.69) is 19.2 Å². The van der Waals surface area contributed by atoms with Crippen LogP contribution in [0.3, 0.4) is 0 Å². The molecule has 0 aliphatic heterocycles. The Labute approximate surface area is 123 Å². The van der Waals surface area contributed by atoms with Gasteiger partial charge in [-0.25, -0.2) is 0 Å². The quantitative estimate of drug-likeness (QED) is 0.495. The lowest BCUT2D eigenvalue weighted by Crippen LogP contribution is -2.51. The molecular weight excluding hydrogens is 254 g/mol. The van der Waals surface area contributed by atoms with Gasteiger partial charge in [0.05, 0.1) is 13.2 Å². The molecule has 0 aromatic heterocycles. The number of unbranched alkanes of at least 4 members (excludes halogenated alkanes) is 3. The topological polar surface area (TPSA) is 47.6 Å². The second-order valence-electron chi connectivity index (χ2n) is 5.80. The van der Waals surface area contributed by atoms with Crippen molar-refractivity contribution in [3.8, 4) is 0 Å². The summed E-state index contributed by atoms with van der Waals surface area (Å²) in [4.78, 5) is 12.1. The summed E-state index contributed by atoms with van der Waals surface area (Å²) in [5, 5.41) is 3.38. The molecule has 20 heavy (non-hydrogen) atoms. The number of esters is 1. The second-order valence-corrected chi connectivity index (χ2v) is 5.80. The average molecular weight is 285 g/mol. The summed E-state index contributed by atoms with van der Waals surface area (Å²) >= 11 is 0. The molecule has 1 saturated carbocycles. The zero-order chi connectivity index (χ0) is 14.8. The van der Waals surface area contributed by atoms with Crippen LogP contribution in [0.5, 0.6) is 0 Å². The lowest BCUT2D eigenvalue weighted by atomic mass is 9.97. The van der Waals surface area contributed by atoms with Crippen molar-refractivity contribution in [3.63, 3.8) is 0 Å². The van der Waals surface area contributed by atoms with E-state index >= 15 is 0 Å². The third-order valence-electron chi connectivity index (χ3n) is 4.11. The Morgan fingerprint density at radius 3 is 2.70 bits per heavy atom. The molecule has 0 bridgehead atoms. The fourth-order valence-electron chi connectivity index (χ4n) is 2.90. The molecule has 4 nitrogen and oxygen atoms in total. The molecule has 1 fully saturated rings. The van der Waals surface area contributed by atoms with Crippen molar-refractivity contribution in [2.24, 2.45) is 0 Å². The molecule has 1 aliphatic carbocycles. The maximum absolute atomic E-state index is 12.1. The lowest BCUT2D eigenvalue weighted by molar-refractivity contribution is -0.148. The van der Waals surface area contributed by atoms with E-state index in [1.165, 1.54) is 26.4 Å². The first-order valence-electron chi connectivity index (χ1n) is 8.13. The molecule has 4 heteroatoms. The highest BCUT2D eigenvalue weighted by atomic mass is 16.5. The molecular formula is C16H31NO3. The highest BCUT2D eigenvalue weighted by Gasteiger charge is 2.46. The van der Waals surface area contributed by atoms with Crippen LogP contribution in [0.2, 0.25) is 0 Å². The van der Waals surface area contributed by atoms with Gasteiger partial charge in [0.25, 0.3) is 0 Å². The molecule has 0 heterocycles. The van der Waals surface area contributed by atoms with Crippen LogP contribution in [-0.4, -0.2) is 37.9 Å². The lowest BCUT2D eigenvalue weighted by Gasteiger charge is -2.27. The number of carbonyl (C=O) groups is 1. The Morgan fingerprint density at radius 2 is 2.05 bits per heavy atom. The molecule has 0 radical (unpaired) electrons. The molecule has 1 aliphatic rings. The van der Waals surface area contributed by atoms with E-state index in [0.29, 0.717) is 0 Å². The van der Waals surface area contributed by atoms with Crippen LogP contribution in [0.4, 0.5) is 0 Å². The Morgan fingerprint density at radius 1 is 1.25 bits per heavy atom. The van der Waals surface area contributed by atoms with Crippen LogP contribution in [-0.2, 0) is 14.3 Å². The number of nitrogens with one attached hydrogen (secondary N) is 1. The van der Waals surface area contributed by atoms with Gasteiger partial charge in [-0.15, -0.1) is 0 Å². The third-order valence-corrected chi connectivity index (χ3v) is 4.11. The molecule has 1 rings (SSSR count). The number of ether oxygens (including phenoxy) is 2. The minimum Gasteiger partial charge on any atom is -0.468 e. The molecule has 0 saturated heterocycles. The molecule has 0 aromatic carbocycles. The summed E-state index contributed by atoms with van der Waals surface area (Å²) in [6.45, 7) is 5.98. The normalized spacial score (nSPS) is 25.9. The average Bonchev–Trinajstić information content (AvgIpc) is 2.89. The summed E-state index contributed by atoms with van der Waals surface area (Å²) in [7, 11) is 1.47. The van der Waals surface area contributed by atoms with E-state index < -0.39 is 5.54 Å². The van der Waals surface area contributed by atoms with E-state index in [1.807, 2.05) is 0 Å². The first kappa shape index (κ1) is 17.4. The zero-order valence-corrected chi connectivity index (χ0v) is 13.4. The Bertz CT molecular complexity index is 283. The molecule has 2 unspecified atom stereocenters. The van der Waals surface area contributed by atoms with Gasteiger partial charge in [-0.3, -0.25) is 4.79 Å². The van der Waals surface area contributed by atoms with Crippen molar-refractivity contribution in [2.45, 2.75) is 76.9 Å². The number of rotatable bonds is 10. The monoisotopic (exact) mass is 285 g/mol. The van der Waals surface area contributed by atoms with Crippen LogP contribution in [0, 0.1) is 0 Å². The maximum Gasteiger partial charge on any atom is 0.326 e. The minimum absolute atomic E-state index is 0.136. The van der Waals surface area contributed by atoms with Crippen molar-refractivity contribution >= 4 is 5.97 Å². The van der Waals surface area contributed by atoms with E-state index in [4.69, 9.17) is 9.47 Å². The van der Waals surface area contributed by atoms with Gasteiger partial charge in [-0.1, -0.05) is 33.1 Å². The summed E-state index contributed by atoms with van der Waals surface area (Å²) in [5.41, 5.74) is -0.515. The summed E-state index contributed by atoms with van der Waals surface area (Å²) in [6.07, 6.45) is 8.60. The Hall–Kier alpha value is -0.610. The van der Waals surface area contributed by atoms with Crippen LogP contribution < -0.4 is 5.32 Å². The Balaban J connectivity index is 2.38. The van der Waals surface area contributed by atoms with E-state index in [9.17, 15) is 4.79 Å². The van der Waals surface area contributed by atoms with Crippen LogP contribution in [0.15, 0.2) is 0 Å². The summed E-state index contributed by atoms with van der Waals surface area (Å²) in [5.74, 6) is -0.136. The van der Waals surface area contributed by atoms with Crippen molar-refractivity contribution in [2.75, 3.05) is 20.3 Å².